The second kappa shape index (κ2) is 3.89. The van der Waals surface area contributed by atoms with E-state index < -0.39 is 17.7 Å². The molecule has 0 bridgehead atoms. The summed E-state index contributed by atoms with van der Waals surface area (Å²) < 4.78 is 5.15. The third-order valence-corrected chi connectivity index (χ3v) is 3.51. The van der Waals surface area contributed by atoms with Crippen LogP contribution >= 0.6 is 0 Å². The van der Waals surface area contributed by atoms with E-state index in [1.807, 2.05) is 0 Å². The van der Waals surface area contributed by atoms with Gasteiger partial charge < -0.3 is 15.2 Å². The van der Waals surface area contributed by atoms with Gasteiger partial charge >= 0.3 is 12.1 Å². The van der Waals surface area contributed by atoms with Gasteiger partial charge in [0, 0.05) is 6.04 Å². The van der Waals surface area contributed by atoms with Gasteiger partial charge in [-0.15, -0.1) is 0 Å². The Kier molecular flexibility index (Phi) is 2.79. The Hall–Kier alpha value is -1.26. The van der Waals surface area contributed by atoms with Crippen molar-refractivity contribution in [2.24, 2.45) is 17.8 Å². The predicted molar refractivity (Wildman–Crippen MR) is 60.5 cm³/mol. The van der Waals surface area contributed by atoms with E-state index in [9.17, 15) is 9.59 Å². The Morgan fingerprint density at radius 1 is 1.29 bits per heavy atom. The SMILES string of the molecule is CC(C)(C)OC(=O)N[C@@H]1[C@H]2CCC(C(=O)O)[C@H]21. The third-order valence-electron chi connectivity index (χ3n) is 3.51. The van der Waals surface area contributed by atoms with Crippen LogP contribution in [0.2, 0.25) is 0 Å². The Morgan fingerprint density at radius 2 is 1.94 bits per heavy atom. The molecule has 0 heterocycles. The van der Waals surface area contributed by atoms with Crippen LogP contribution < -0.4 is 5.32 Å². The lowest BCUT2D eigenvalue weighted by atomic mass is 10.0. The van der Waals surface area contributed by atoms with E-state index in [1.165, 1.54) is 0 Å². The van der Waals surface area contributed by atoms with Gasteiger partial charge in [0.1, 0.15) is 5.60 Å². The molecule has 96 valence electrons. The highest BCUT2D eigenvalue weighted by Gasteiger charge is 2.61. The first-order valence-corrected chi connectivity index (χ1v) is 6.02. The number of hydrogen-bond acceptors (Lipinski definition) is 3. The lowest BCUT2D eigenvalue weighted by Gasteiger charge is -2.20. The van der Waals surface area contributed by atoms with Gasteiger partial charge in [0.2, 0.25) is 0 Å². The van der Waals surface area contributed by atoms with Gasteiger partial charge in [-0.05, 0) is 45.4 Å². The van der Waals surface area contributed by atoms with Crippen LogP contribution in [0.3, 0.4) is 0 Å². The molecule has 2 N–H and O–H groups in total. The lowest BCUT2D eigenvalue weighted by Crippen LogP contribution is -2.36. The highest BCUT2D eigenvalue weighted by Crippen LogP contribution is 2.55. The molecule has 0 radical (unpaired) electrons. The zero-order valence-electron chi connectivity index (χ0n) is 10.4. The van der Waals surface area contributed by atoms with Crippen LogP contribution in [0.25, 0.3) is 0 Å². The topological polar surface area (TPSA) is 75.6 Å². The largest absolute Gasteiger partial charge is 0.481 e. The highest BCUT2D eigenvalue weighted by atomic mass is 16.6. The summed E-state index contributed by atoms with van der Waals surface area (Å²) in [5.41, 5.74) is -0.514. The van der Waals surface area contributed by atoms with Crippen molar-refractivity contribution in [3.8, 4) is 0 Å². The minimum atomic E-state index is -0.744. The molecule has 0 spiro atoms. The average molecular weight is 241 g/mol. The third kappa shape index (κ3) is 2.53. The molecule has 2 rings (SSSR count). The fraction of sp³-hybridized carbons (Fsp3) is 0.833. The molecule has 17 heavy (non-hydrogen) atoms. The van der Waals surface area contributed by atoms with Crippen LogP contribution in [-0.4, -0.2) is 28.8 Å². The van der Waals surface area contributed by atoms with Gasteiger partial charge in [-0.3, -0.25) is 4.79 Å². The Balaban J connectivity index is 1.84. The molecule has 2 saturated carbocycles. The molecule has 5 heteroatoms. The van der Waals surface area contributed by atoms with Gasteiger partial charge in [-0.1, -0.05) is 0 Å². The number of carboxylic acid groups (broad SMARTS) is 1. The number of fused-ring (bicyclic) bond motifs is 1. The summed E-state index contributed by atoms with van der Waals surface area (Å²) >= 11 is 0. The maximum atomic E-state index is 11.5. The number of carbonyl (C=O) groups excluding carboxylic acids is 1. The van der Waals surface area contributed by atoms with Crippen molar-refractivity contribution < 1.29 is 19.4 Å². The van der Waals surface area contributed by atoms with Crippen LogP contribution in [0.4, 0.5) is 4.79 Å². The summed E-state index contributed by atoms with van der Waals surface area (Å²) in [5, 5.41) is 11.8. The zero-order valence-corrected chi connectivity index (χ0v) is 10.4. The number of aliphatic carboxylic acids is 1. The van der Waals surface area contributed by atoms with Gasteiger partial charge in [0.05, 0.1) is 5.92 Å². The van der Waals surface area contributed by atoms with E-state index in [-0.39, 0.29) is 17.9 Å². The molecule has 2 aliphatic carbocycles. The molecule has 1 amide bonds. The first kappa shape index (κ1) is 12.2. The van der Waals surface area contributed by atoms with E-state index >= 15 is 0 Å². The number of nitrogens with one attached hydrogen (secondary N) is 1. The Bertz CT molecular complexity index is 347. The molecule has 0 saturated heterocycles. The molecule has 2 fully saturated rings. The average Bonchev–Trinajstić information content (AvgIpc) is 2.64. The first-order chi connectivity index (χ1) is 7.79. The van der Waals surface area contributed by atoms with E-state index in [4.69, 9.17) is 9.84 Å². The number of hydrogen-bond donors (Lipinski definition) is 2. The summed E-state index contributed by atoms with van der Waals surface area (Å²) in [6, 6.07) is -0.000278. The van der Waals surface area contributed by atoms with Crippen molar-refractivity contribution in [1.29, 1.82) is 0 Å². The van der Waals surface area contributed by atoms with Crippen molar-refractivity contribution in [1.82, 2.24) is 5.32 Å². The Morgan fingerprint density at radius 3 is 2.47 bits per heavy atom. The number of rotatable bonds is 2. The highest BCUT2D eigenvalue weighted by molar-refractivity contribution is 5.73. The standard InChI is InChI=1S/C12H19NO4/c1-12(2,3)17-11(16)13-9-6-4-5-7(8(6)9)10(14)15/h6-9H,4-5H2,1-3H3,(H,13,16)(H,14,15)/t6-,7?,8-,9+/m0/s1. The zero-order chi connectivity index (χ0) is 12.8. The predicted octanol–water partition coefficient (Wildman–Crippen LogP) is 1.62. The molecule has 1 unspecified atom stereocenters. The van der Waals surface area contributed by atoms with E-state index in [1.54, 1.807) is 20.8 Å². The van der Waals surface area contributed by atoms with Crippen LogP contribution in [-0.2, 0) is 9.53 Å². The lowest BCUT2D eigenvalue weighted by molar-refractivity contribution is -0.142. The molecule has 0 aromatic carbocycles. The molecule has 0 aliphatic heterocycles. The second-order valence-electron chi connectivity index (χ2n) is 5.94. The molecular weight excluding hydrogens is 222 g/mol. The van der Waals surface area contributed by atoms with Crippen molar-refractivity contribution in [3.05, 3.63) is 0 Å². The molecule has 2 aliphatic rings. The van der Waals surface area contributed by atoms with Crippen LogP contribution in [0.1, 0.15) is 33.6 Å². The molecule has 5 nitrogen and oxygen atoms in total. The van der Waals surface area contributed by atoms with Crippen LogP contribution in [0.15, 0.2) is 0 Å². The summed E-state index contributed by atoms with van der Waals surface area (Å²) in [7, 11) is 0. The number of ether oxygens (including phenoxy) is 1. The number of carbonyl (C=O) groups is 2. The van der Waals surface area contributed by atoms with Crippen molar-refractivity contribution in [2.75, 3.05) is 0 Å². The van der Waals surface area contributed by atoms with Crippen molar-refractivity contribution in [3.63, 3.8) is 0 Å². The summed E-state index contributed by atoms with van der Waals surface area (Å²) in [4.78, 5) is 22.5. The van der Waals surface area contributed by atoms with E-state index in [0.29, 0.717) is 5.92 Å². The maximum absolute atomic E-state index is 11.5. The maximum Gasteiger partial charge on any atom is 0.407 e. The van der Waals surface area contributed by atoms with Gasteiger partial charge in [-0.2, -0.15) is 0 Å². The van der Waals surface area contributed by atoms with Gasteiger partial charge in [-0.25, -0.2) is 4.79 Å². The number of amides is 1. The number of alkyl carbamates (subject to hydrolysis) is 1. The molecular formula is C12H19NO4. The monoisotopic (exact) mass is 241 g/mol. The fourth-order valence-corrected chi connectivity index (χ4v) is 2.82. The van der Waals surface area contributed by atoms with E-state index in [0.717, 1.165) is 12.8 Å². The summed E-state index contributed by atoms with van der Waals surface area (Å²) in [6.45, 7) is 5.42. The summed E-state index contributed by atoms with van der Waals surface area (Å²) in [6.07, 6.45) is 1.18. The van der Waals surface area contributed by atoms with Gasteiger partial charge in [0.25, 0.3) is 0 Å². The molecule has 0 aromatic rings. The second-order valence-corrected chi connectivity index (χ2v) is 5.94. The smallest absolute Gasteiger partial charge is 0.407 e. The van der Waals surface area contributed by atoms with Crippen LogP contribution in [0, 0.1) is 17.8 Å². The first-order valence-electron chi connectivity index (χ1n) is 6.02. The normalized spacial score (nSPS) is 35.0. The fourth-order valence-electron chi connectivity index (χ4n) is 2.82. The van der Waals surface area contributed by atoms with E-state index in [2.05, 4.69) is 5.32 Å². The van der Waals surface area contributed by atoms with Crippen LogP contribution in [0.5, 0.6) is 0 Å². The Labute approximate surface area is 101 Å². The summed E-state index contributed by atoms with van der Waals surface area (Å²) in [5.74, 6) is -0.588. The minimum Gasteiger partial charge on any atom is -0.481 e. The quantitative estimate of drug-likeness (QED) is 0.770. The molecule has 0 aromatic heterocycles. The van der Waals surface area contributed by atoms with Crippen molar-refractivity contribution >= 4 is 12.1 Å². The molecule has 4 atom stereocenters. The minimum absolute atomic E-state index is 0.000278. The van der Waals surface area contributed by atoms with Gasteiger partial charge in [0.15, 0.2) is 0 Å². The van der Waals surface area contributed by atoms with Crippen molar-refractivity contribution in [2.45, 2.75) is 45.3 Å². The number of carboxylic acids is 1.